The maximum absolute atomic E-state index is 12.7. The number of rotatable bonds is 2. The van der Waals surface area contributed by atoms with Gasteiger partial charge in [0, 0.05) is 0 Å². The molecule has 0 fully saturated rings. The fourth-order valence-electron chi connectivity index (χ4n) is 2.07. The minimum Gasteiger partial charge on any atom is -0.245 e. The molecule has 0 N–H and O–H groups in total. The van der Waals surface area contributed by atoms with Crippen molar-refractivity contribution in [2.45, 2.75) is 9.24 Å². The van der Waals surface area contributed by atoms with Crippen LogP contribution in [-0.4, -0.2) is 18.4 Å². The second kappa shape index (κ2) is 4.59. The van der Waals surface area contributed by atoms with E-state index in [1.54, 1.807) is 23.7 Å². The number of sulfone groups is 1. The normalized spacial score (nSPS) is 12.2. The van der Waals surface area contributed by atoms with E-state index in [1.165, 1.54) is 22.7 Å². The molecule has 2 aromatic carbocycles. The Morgan fingerprint density at radius 3 is 2.67 bits per heavy atom. The van der Waals surface area contributed by atoms with Gasteiger partial charge in [0.2, 0.25) is 14.2 Å². The van der Waals surface area contributed by atoms with Crippen molar-refractivity contribution < 1.29 is 8.42 Å². The molecule has 0 saturated heterocycles. The lowest BCUT2D eigenvalue weighted by molar-refractivity contribution is 0.595. The first-order valence-electron chi connectivity index (χ1n) is 6.08. The lowest BCUT2D eigenvalue weighted by Crippen LogP contribution is -2.01. The van der Waals surface area contributed by atoms with Crippen molar-refractivity contribution >= 4 is 52.9 Å². The number of fused-ring (bicyclic) bond motifs is 2. The molecule has 0 amide bonds. The molecule has 0 spiro atoms. The molecule has 104 valence electrons. The molecule has 0 atom stereocenters. The third kappa shape index (κ3) is 2.05. The first-order valence-corrected chi connectivity index (χ1v) is 9.26. The smallest absolute Gasteiger partial charge is 0.233 e. The van der Waals surface area contributed by atoms with Crippen molar-refractivity contribution in [3.63, 3.8) is 0 Å². The fraction of sp³-hybridized carbons (Fsp3) is 0. The number of aromatic nitrogens is 2. The van der Waals surface area contributed by atoms with E-state index in [1.807, 2.05) is 24.3 Å². The van der Waals surface area contributed by atoms with E-state index < -0.39 is 9.84 Å². The number of nitrogens with zero attached hydrogens (tertiary/aromatic N) is 2. The van der Waals surface area contributed by atoms with Crippen molar-refractivity contribution in [2.24, 2.45) is 0 Å². The first-order chi connectivity index (χ1) is 10.1. The molecule has 0 aliphatic carbocycles. The van der Waals surface area contributed by atoms with E-state index in [-0.39, 0.29) is 9.24 Å². The number of benzene rings is 2. The minimum atomic E-state index is -3.60. The van der Waals surface area contributed by atoms with Gasteiger partial charge < -0.3 is 0 Å². The van der Waals surface area contributed by atoms with Crippen LogP contribution < -0.4 is 0 Å². The average Bonchev–Trinajstić information content (AvgIpc) is 3.13. The van der Waals surface area contributed by atoms with E-state index in [0.717, 1.165) is 9.40 Å². The van der Waals surface area contributed by atoms with Gasteiger partial charge in [-0.25, -0.2) is 18.4 Å². The molecule has 4 rings (SSSR count). The van der Waals surface area contributed by atoms with Gasteiger partial charge in [-0.05, 0) is 30.3 Å². The van der Waals surface area contributed by atoms with Crippen LogP contribution in [0.4, 0.5) is 0 Å². The zero-order chi connectivity index (χ0) is 14.4. The highest BCUT2D eigenvalue weighted by Crippen LogP contribution is 2.31. The summed E-state index contributed by atoms with van der Waals surface area (Å²) in [6.07, 6.45) is 0. The summed E-state index contributed by atoms with van der Waals surface area (Å²) in [5.41, 5.74) is 3.11. The summed E-state index contributed by atoms with van der Waals surface area (Å²) in [6.45, 7) is 0. The van der Waals surface area contributed by atoms with Gasteiger partial charge in [-0.3, -0.25) is 0 Å². The van der Waals surface area contributed by atoms with Gasteiger partial charge in [-0.2, -0.15) is 0 Å². The van der Waals surface area contributed by atoms with Crippen molar-refractivity contribution in [1.82, 2.24) is 9.97 Å². The zero-order valence-electron chi connectivity index (χ0n) is 10.6. The summed E-state index contributed by atoms with van der Waals surface area (Å²) in [7, 11) is -3.60. The van der Waals surface area contributed by atoms with Gasteiger partial charge in [-0.1, -0.05) is 12.1 Å². The van der Waals surface area contributed by atoms with Crippen LogP contribution >= 0.6 is 22.7 Å². The van der Waals surface area contributed by atoms with Crippen LogP contribution in [0.15, 0.2) is 57.2 Å². The van der Waals surface area contributed by atoms with Gasteiger partial charge in [-0.15, -0.1) is 22.7 Å². The van der Waals surface area contributed by atoms with Crippen LogP contribution in [0.3, 0.4) is 0 Å². The Labute approximate surface area is 128 Å². The Balaban J connectivity index is 1.92. The zero-order valence-corrected chi connectivity index (χ0v) is 13.0. The molecule has 0 bridgehead atoms. The van der Waals surface area contributed by atoms with E-state index in [4.69, 9.17) is 0 Å². The highest BCUT2D eigenvalue weighted by atomic mass is 32.2. The summed E-state index contributed by atoms with van der Waals surface area (Å²) in [5, 5.41) is 0. The van der Waals surface area contributed by atoms with Gasteiger partial charge in [0.15, 0.2) is 0 Å². The lowest BCUT2D eigenvalue weighted by Gasteiger charge is -2.00. The molecule has 0 radical (unpaired) electrons. The maximum atomic E-state index is 12.7. The Morgan fingerprint density at radius 2 is 1.81 bits per heavy atom. The third-order valence-corrected chi connectivity index (χ3v) is 7.09. The Morgan fingerprint density at radius 1 is 0.952 bits per heavy atom. The SMILES string of the molecule is O=S(=O)(c1ccc2scnc2c1)c1nc2ccccc2s1. The quantitative estimate of drug-likeness (QED) is 0.561. The van der Waals surface area contributed by atoms with Crippen LogP contribution in [0.1, 0.15) is 0 Å². The summed E-state index contributed by atoms with van der Waals surface area (Å²) in [4.78, 5) is 8.64. The van der Waals surface area contributed by atoms with E-state index in [0.29, 0.717) is 11.0 Å². The molecule has 0 aliphatic rings. The summed E-state index contributed by atoms with van der Waals surface area (Å²) in [6, 6.07) is 12.4. The highest BCUT2D eigenvalue weighted by Gasteiger charge is 2.22. The van der Waals surface area contributed by atoms with E-state index in [2.05, 4.69) is 9.97 Å². The van der Waals surface area contributed by atoms with Crippen molar-refractivity contribution in [1.29, 1.82) is 0 Å². The molecular weight excluding hydrogens is 324 g/mol. The Bertz CT molecular complexity index is 1020. The minimum absolute atomic E-state index is 0.123. The number of hydrogen-bond acceptors (Lipinski definition) is 6. The van der Waals surface area contributed by atoms with Crippen LogP contribution in [0, 0.1) is 0 Å². The standard InChI is InChI=1S/C14H8N2O2S3/c17-21(18,9-5-6-12-11(7-9)15-8-19-12)14-16-10-3-1-2-4-13(10)20-14/h1-8H. The molecule has 4 aromatic rings. The van der Waals surface area contributed by atoms with Crippen LogP contribution in [0.5, 0.6) is 0 Å². The number of para-hydroxylation sites is 1. The molecule has 21 heavy (non-hydrogen) atoms. The average molecular weight is 332 g/mol. The summed E-state index contributed by atoms with van der Waals surface area (Å²) in [5.74, 6) is 0. The fourth-order valence-corrected chi connectivity index (χ4v) is 5.36. The van der Waals surface area contributed by atoms with Crippen molar-refractivity contribution in [3.05, 3.63) is 48.0 Å². The maximum Gasteiger partial charge on any atom is 0.233 e. The largest absolute Gasteiger partial charge is 0.245 e. The molecule has 0 unspecified atom stereocenters. The molecule has 4 nitrogen and oxygen atoms in total. The Kier molecular flexibility index (Phi) is 2.81. The third-order valence-electron chi connectivity index (χ3n) is 3.12. The lowest BCUT2D eigenvalue weighted by atomic mass is 10.3. The van der Waals surface area contributed by atoms with Crippen molar-refractivity contribution in [2.75, 3.05) is 0 Å². The molecule has 2 aromatic heterocycles. The van der Waals surface area contributed by atoms with E-state index >= 15 is 0 Å². The Hall–Kier alpha value is -1.83. The molecular formula is C14H8N2O2S3. The predicted molar refractivity (Wildman–Crippen MR) is 84.7 cm³/mol. The van der Waals surface area contributed by atoms with Gasteiger partial charge in [0.05, 0.1) is 30.8 Å². The van der Waals surface area contributed by atoms with Crippen LogP contribution in [0.25, 0.3) is 20.4 Å². The summed E-state index contributed by atoms with van der Waals surface area (Å²) >= 11 is 2.68. The van der Waals surface area contributed by atoms with Crippen LogP contribution in [0.2, 0.25) is 0 Å². The highest BCUT2D eigenvalue weighted by molar-refractivity contribution is 7.93. The number of hydrogen-bond donors (Lipinski definition) is 0. The second-order valence-electron chi connectivity index (χ2n) is 4.43. The topological polar surface area (TPSA) is 59.9 Å². The van der Waals surface area contributed by atoms with E-state index in [9.17, 15) is 8.42 Å². The molecule has 7 heteroatoms. The van der Waals surface area contributed by atoms with Gasteiger partial charge >= 0.3 is 0 Å². The molecule has 2 heterocycles. The molecule has 0 saturated carbocycles. The monoisotopic (exact) mass is 332 g/mol. The summed E-state index contributed by atoms with van der Waals surface area (Å²) < 4.78 is 27.3. The van der Waals surface area contributed by atoms with Crippen molar-refractivity contribution in [3.8, 4) is 0 Å². The molecule has 0 aliphatic heterocycles. The van der Waals surface area contributed by atoms with Gasteiger partial charge in [0.1, 0.15) is 0 Å². The van der Waals surface area contributed by atoms with Crippen LogP contribution in [-0.2, 0) is 9.84 Å². The second-order valence-corrected chi connectivity index (χ2v) is 8.47. The number of thiazole rings is 2. The van der Waals surface area contributed by atoms with Gasteiger partial charge in [0.25, 0.3) is 0 Å². The predicted octanol–water partition coefficient (Wildman–Crippen LogP) is 3.74. The first kappa shape index (κ1) is 12.9.